The molecule has 114 valence electrons. The van der Waals surface area contributed by atoms with Crippen LogP contribution in [-0.4, -0.2) is 35.0 Å². The molecule has 0 fully saturated rings. The van der Waals surface area contributed by atoms with Gasteiger partial charge in [-0.1, -0.05) is 0 Å². The third kappa shape index (κ3) is 6.51. The Bertz CT molecular complexity index is 532. The first-order chi connectivity index (χ1) is 9.67. The molecule has 0 aliphatic heterocycles. The molecule has 1 heterocycles. The Labute approximate surface area is 123 Å². The fraction of sp³-hybridized carbons (Fsp3) is 0.429. The third-order valence-corrected chi connectivity index (χ3v) is 2.22. The number of carbonyl (C=O) groups excluding carboxylic acids is 3. The van der Waals surface area contributed by atoms with Crippen molar-refractivity contribution in [3.63, 3.8) is 0 Å². The van der Waals surface area contributed by atoms with Crippen LogP contribution in [0.2, 0.25) is 0 Å². The molecule has 1 rings (SSSR count). The summed E-state index contributed by atoms with van der Waals surface area (Å²) < 4.78 is 4.79. The number of ether oxygens (including phenoxy) is 1. The molecule has 0 unspecified atom stereocenters. The predicted octanol–water partition coefficient (Wildman–Crippen LogP) is 1.17. The number of hydrogen-bond donors (Lipinski definition) is 2. The summed E-state index contributed by atoms with van der Waals surface area (Å²) >= 11 is 0. The molecule has 0 aliphatic carbocycles. The number of urea groups is 1. The quantitative estimate of drug-likeness (QED) is 0.815. The maximum Gasteiger partial charge on any atom is 0.340 e. The first kappa shape index (κ1) is 16.6. The largest absolute Gasteiger partial charge is 0.452 e. The molecule has 0 saturated carbocycles. The SMILES string of the molecule is Cc1ccc(C(=O)OCC(=O)NC(=O)NC(C)(C)C)cn1. The van der Waals surface area contributed by atoms with Crippen molar-refractivity contribution in [2.24, 2.45) is 0 Å². The van der Waals surface area contributed by atoms with Crippen LogP contribution in [-0.2, 0) is 9.53 Å². The summed E-state index contributed by atoms with van der Waals surface area (Å²) in [5, 5.41) is 4.62. The van der Waals surface area contributed by atoms with Gasteiger partial charge in [-0.05, 0) is 39.8 Å². The average molecular weight is 293 g/mol. The Kier molecular flexibility index (Phi) is 5.40. The van der Waals surface area contributed by atoms with Gasteiger partial charge in [0.2, 0.25) is 0 Å². The van der Waals surface area contributed by atoms with Crippen molar-refractivity contribution in [3.8, 4) is 0 Å². The summed E-state index contributed by atoms with van der Waals surface area (Å²) in [7, 11) is 0. The Morgan fingerprint density at radius 3 is 2.43 bits per heavy atom. The minimum atomic E-state index is -0.704. The monoisotopic (exact) mass is 293 g/mol. The van der Waals surface area contributed by atoms with E-state index in [9.17, 15) is 14.4 Å². The Morgan fingerprint density at radius 2 is 1.90 bits per heavy atom. The summed E-state index contributed by atoms with van der Waals surface area (Å²) in [6.45, 7) is 6.59. The molecular weight excluding hydrogens is 274 g/mol. The van der Waals surface area contributed by atoms with E-state index in [1.54, 1.807) is 39.8 Å². The lowest BCUT2D eigenvalue weighted by molar-refractivity contribution is -0.123. The van der Waals surface area contributed by atoms with Crippen LogP contribution in [0.25, 0.3) is 0 Å². The molecule has 1 aromatic rings. The minimum absolute atomic E-state index is 0.243. The number of nitrogens with zero attached hydrogens (tertiary/aromatic N) is 1. The van der Waals surface area contributed by atoms with Gasteiger partial charge in [0, 0.05) is 17.4 Å². The molecule has 0 bridgehead atoms. The average Bonchev–Trinajstić information content (AvgIpc) is 2.34. The molecule has 1 aromatic heterocycles. The number of carbonyl (C=O) groups is 3. The van der Waals surface area contributed by atoms with E-state index in [-0.39, 0.29) is 5.56 Å². The second kappa shape index (κ2) is 6.83. The van der Waals surface area contributed by atoms with E-state index in [1.807, 2.05) is 0 Å². The first-order valence-corrected chi connectivity index (χ1v) is 6.39. The zero-order valence-corrected chi connectivity index (χ0v) is 12.5. The van der Waals surface area contributed by atoms with E-state index < -0.39 is 30.1 Å². The van der Waals surface area contributed by atoms with Crippen LogP contribution in [0.5, 0.6) is 0 Å². The standard InChI is InChI=1S/C14H19N3O4/c1-9-5-6-10(7-15-9)12(19)21-8-11(18)16-13(20)17-14(2,3)4/h5-7H,8H2,1-4H3,(H2,16,17,18,20). The molecule has 0 spiro atoms. The molecule has 3 amide bonds. The van der Waals surface area contributed by atoms with Crippen molar-refractivity contribution in [1.82, 2.24) is 15.6 Å². The van der Waals surface area contributed by atoms with E-state index in [4.69, 9.17) is 4.74 Å². The van der Waals surface area contributed by atoms with Crippen molar-refractivity contribution in [3.05, 3.63) is 29.6 Å². The van der Waals surface area contributed by atoms with Gasteiger partial charge in [0.1, 0.15) is 0 Å². The molecule has 0 saturated heterocycles. The lowest BCUT2D eigenvalue weighted by atomic mass is 10.1. The predicted molar refractivity (Wildman–Crippen MR) is 75.7 cm³/mol. The highest BCUT2D eigenvalue weighted by Crippen LogP contribution is 2.01. The van der Waals surface area contributed by atoms with Gasteiger partial charge in [0.15, 0.2) is 6.61 Å². The zero-order valence-electron chi connectivity index (χ0n) is 12.5. The van der Waals surface area contributed by atoms with Gasteiger partial charge in [0.25, 0.3) is 5.91 Å². The second-order valence-corrected chi connectivity index (χ2v) is 5.52. The fourth-order valence-electron chi connectivity index (χ4n) is 1.34. The van der Waals surface area contributed by atoms with Gasteiger partial charge in [-0.25, -0.2) is 9.59 Å². The van der Waals surface area contributed by atoms with Crippen LogP contribution >= 0.6 is 0 Å². The van der Waals surface area contributed by atoms with E-state index in [1.165, 1.54) is 6.20 Å². The van der Waals surface area contributed by atoms with Crippen molar-refractivity contribution in [2.75, 3.05) is 6.61 Å². The summed E-state index contributed by atoms with van der Waals surface area (Å²) in [5.74, 6) is -1.38. The summed E-state index contributed by atoms with van der Waals surface area (Å²) in [6, 6.07) is 2.57. The van der Waals surface area contributed by atoms with Crippen molar-refractivity contribution in [1.29, 1.82) is 0 Å². The zero-order chi connectivity index (χ0) is 16.0. The van der Waals surface area contributed by atoms with Gasteiger partial charge < -0.3 is 10.1 Å². The highest BCUT2D eigenvalue weighted by Gasteiger charge is 2.17. The van der Waals surface area contributed by atoms with E-state index in [0.717, 1.165) is 5.69 Å². The van der Waals surface area contributed by atoms with Gasteiger partial charge in [-0.2, -0.15) is 0 Å². The van der Waals surface area contributed by atoms with Crippen LogP contribution in [0.3, 0.4) is 0 Å². The number of esters is 1. The van der Waals surface area contributed by atoms with Crippen LogP contribution in [0.1, 0.15) is 36.8 Å². The molecule has 0 aromatic carbocycles. The maximum absolute atomic E-state index is 11.6. The fourth-order valence-corrected chi connectivity index (χ4v) is 1.34. The number of hydrogen-bond acceptors (Lipinski definition) is 5. The van der Waals surface area contributed by atoms with E-state index >= 15 is 0 Å². The van der Waals surface area contributed by atoms with E-state index in [0.29, 0.717) is 0 Å². The topological polar surface area (TPSA) is 97.4 Å². The molecule has 0 radical (unpaired) electrons. The maximum atomic E-state index is 11.6. The van der Waals surface area contributed by atoms with Crippen molar-refractivity contribution < 1.29 is 19.1 Å². The van der Waals surface area contributed by atoms with E-state index in [2.05, 4.69) is 15.6 Å². The Morgan fingerprint density at radius 1 is 1.24 bits per heavy atom. The van der Waals surface area contributed by atoms with Crippen molar-refractivity contribution in [2.45, 2.75) is 33.2 Å². The lowest BCUT2D eigenvalue weighted by Crippen LogP contribution is -2.49. The number of pyridine rings is 1. The summed E-state index contributed by atoms with van der Waals surface area (Å²) in [5.41, 5.74) is 0.546. The Hall–Kier alpha value is -2.44. The summed E-state index contributed by atoms with van der Waals surface area (Å²) in [6.07, 6.45) is 1.36. The number of imide groups is 1. The highest BCUT2D eigenvalue weighted by atomic mass is 16.5. The number of aromatic nitrogens is 1. The number of rotatable bonds is 3. The van der Waals surface area contributed by atoms with Gasteiger partial charge in [-0.3, -0.25) is 15.1 Å². The van der Waals surface area contributed by atoms with Gasteiger partial charge >= 0.3 is 12.0 Å². The summed E-state index contributed by atoms with van der Waals surface area (Å²) in [4.78, 5) is 38.5. The smallest absolute Gasteiger partial charge is 0.340 e. The van der Waals surface area contributed by atoms with Crippen LogP contribution in [0.15, 0.2) is 18.3 Å². The number of nitrogens with one attached hydrogen (secondary N) is 2. The molecule has 21 heavy (non-hydrogen) atoms. The number of aryl methyl sites for hydroxylation is 1. The van der Waals surface area contributed by atoms with Gasteiger partial charge in [-0.15, -0.1) is 0 Å². The molecule has 7 heteroatoms. The molecule has 2 N–H and O–H groups in total. The molecule has 7 nitrogen and oxygen atoms in total. The van der Waals surface area contributed by atoms with Crippen molar-refractivity contribution >= 4 is 17.9 Å². The first-order valence-electron chi connectivity index (χ1n) is 6.39. The third-order valence-electron chi connectivity index (χ3n) is 2.22. The molecular formula is C14H19N3O4. The molecule has 0 aliphatic rings. The van der Waals surface area contributed by atoms with Crippen LogP contribution in [0.4, 0.5) is 4.79 Å². The van der Waals surface area contributed by atoms with Crippen LogP contribution in [0, 0.1) is 6.92 Å². The Balaban J connectivity index is 2.41. The lowest BCUT2D eigenvalue weighted by Gasteiger charge is -2.20. The highest BCUT2D eigenvalue weighted by molar-refractivity contribution is 5.97. The number of amides is 3. The minimum Gasteiger partial charge on any atom is -0.452 e. The normalized spacial score (nSPS) is 10.7. The van der Waals surface area contributed by atoms with Crippen LogP contribution < -0.4 is 10.6 Å². The molecule has 0 atom stereocenters. The second-order valence-electron chi connectivity index (χ2n) is 5.52. The van der Waals surface area contributed by atoms with Gasteiger partial charge in [0.05, 0.1) is 5.56 Å².